The van der Waals surface area contributed by atoms with Crippen LogP contribution in [0.25, 0.3) is 0 Å². The van der Waals surface area contributed by atoms with Crippen molar-refractivity contribution in [3.63, 3.8) is 0 Å². The molecule has 1 unspecified atom stereocenters. The number of halogens is 1. The fraction of sp³-hybridized carbons (Fsp3) is 0.500. The van der Waals surface area contributed by atoms with Gasteiger partial charge in [0.15, 0.2) is 0 Å². The molecule has 1 atom stereocenters. The Kier molecular flexibility index (Phi) is 3.58. The van der Waals surface area contributed by atoms with Crippen LogP contribution < -0.4 is 10.3 Å². The number of hydrogen-bond donors (Lipinski definition) is 1. The van der Waals surface area contributed by atoms with Crippen molar-refractivity contribution in [1.82, 2.24) is 9.78 Å². The highest BCUT2D eigenvalue weighted by molar-refractivity contribution is 5.05. The van der Waals surface area contributed by atoms with E-state index in [9.17, 15) is 9.18 Å². The number of ether oxygens (including phenoxy) is 1. The molecule has 0 fully saturated rings. The van der Waals surface area contributed by atoms with Crippen molar-refractivity contribution in [3.8, 4) is 5.88 Å². The van der Waals surface area contributed by atoms with Crippen LogP contribution >= 0.6 is 0 Å². The average molecular weight is 202 g/mol. The molecule has 5 nitrogen and oxygen atoms in total. The molecule has 14 heavy (non-hydrogen) atoms. The summed E-state index contributed by atoms with van der Waals surface area (Å²) in [6, 6.07) is 2.65. The molecule has 0 aliphatic carbocycles. The van der Waals surface area contributed by atoms with Crippen LogP contribution in [0.2, 0.25) is 0 Å². The van der Waals surface area contributed by atoms with Crippen molar-refractivity contribution in [2.75, 3.05) is 13.8 Å². The SMILES string of the molecule is COc1ccc(=O)n(CC(O)CF)n1. The Morgan fingerprint density at radius 2 is 2.43 bits per heavy atom. The molecule has 0 radical (unpaired) electrons. The van der Waals surface area contributed by atoms with Gasteiger partial charge in [0, 0.05) is 12.1 Å². The summed E-state index contributed by atoms with van der Waals surface area (Å²) in [5, 5.41) is 12.7. The maximum absolute atomic E-state index is 12.0. The van der Waals surface area contributed by atoms with E-state index in [-0.39, 0.29) is 12.4 Å². The van der Waals surface area contributed by atoms with E-state index in [2.05, 4.69) is 5.10 Å². The lowest BCUT2D eigenvalue weighted by Gasteiger charge is -2.08. The summed E-state index contributed by atoms with van der Waals surface area (Å²) in [5.41, 5.74) is -0.404. The molecule has 0 aliphatic heterocycles. The maximum atomic E-state index is 12.0. The van der Waals surface area contributed by atoms with Crippen molar-refractivity contribution in [1.29, 1.82) is 0 Å². The van der Waals surface area contributed by atoms with Gasteiger partial charge in [-0.1, -0.05) is 0 Å². The van der Waals surface area contributed by atoms with Gasteiger partial charge < -0.3 is 9.84 Å². The Morgan fingerprint density at radius 3 is 3.00 bits per heavy atom. The van der Waals surface area contributed by atoms with Gasteiger partial charge in [-0.25, -0.2) is 9.07 Å². The van der Waals surface area contributed by atoms with E-state index in [4.69, 9.17) is 9.84 Å². The standard InChI is InChI=1S/C8H11FN2O3/c1-14-7-2-3-8(13)11(10-7)5-6(12)4-9/h2-3,6,12H,4-5H2,1H3. The Balaban J connectivity index is 2.89. The summed E-state index contributed by atoms with van der Waals surface area (Å²) in [7, 11) is 1.41. The topological polar surface area (TPSA) is 64.3 Å². The number of rotatable bonds is 4. The molecular weight excluding hydrogens is 191 g/mol. The average Bonchev–Trinajstić information content (AvgIpc) is 2.21. The van der Waals surface area contributed by atoms with Gasteiger partial charge in [-0.3, -0.25) is 4.79 Å². The largest absolute Gasteiger partial charge is 0.480 e. The maximum Gasteiger partial charge on any atom is 0.267 e. The number of aromatic nitrogens is 2. The molecule has 0 saturated carbocycles. The molecule has 1 heterocycles. The lowest BCUT2D eigenvalue weighted by atomic mass is 10.4. The van der Waals surface area contributed by atoms with Crippen LogP contribution in [0.5, 0.6) is 5.88 Å². The summed E-state index contributed by atoms with van der Waals surface area (Å²) >= 11 is 0. The van der Waals surface area contributed by atoms with Crippen LogP contribution in [-0.4, -0.2) is 34.8 Å². The fourth-order valence-corrected chi connectivity index (χ4v) is 0.918. The van der Waals surface area contributed by atoms with Crippen molar-refractivity contribution in [2.24, 2.45) is 0 Å². The van der Waals surface area contributed by atoms with E-state index in [1.165, 1.54) is 19.2 Å². The van der Waals surface area contributed by atoms with Crippen LogP contribution in [0, 0.1) is 0 Å². The Labute approximate surface area is 79.7 Å². The minimum atomic E-state index is -1.22. The van der Waals surface area contributed by atoms with Crippen molar-refractivity contribution in [3.05, 3.63) is 22.5 Å². The molecule has 0 aromatic carbocycles. The molecule has 1 N–H and O–H groups in total. The van der Waals surface area contributed by atoms with Crippen LogP contribution in [0.4, 0.5) is 4.39 Å². The second-order valence-corrected chi connectivity index (χ2v) is 2.70. The predicted octanol–water partition coefficient (Wildman–Crippen LogP) is -0.418. The van der Waals surface area contributed by atoms with Crippen molar-refractivity contribution < 1.29 is 14.2 Å². The zero-order chi connectivity index (χ0) is 10.6. The number of hydrogen-bond acceptors (Lipinski definition) is 4. The lowest BCUT2D eigenvalue weighted by molar-refractivity contribution is 0.115. The van der Waals surface area contributed by atoms with Crippen LogP contribution in [0.15, 0.2) is 16.9 Å². The van der Waals surface area contributed by atoms with Gasteiger partial charge in [0.05, 0.1) is 13.7 Å². The first-order valence-corrected chi connectivity index (χ1v) is 4.03. The van der Waals surface area contributed by atoms with E-state index in [0.29, 0.717) is 0 Å². The van der Waals surface area contributed by atoms with Crippen LogP contribution in [0.1, 0.15) is 0 Å². The molecule has 0 saturated heterocycles. The highest BCUT2D eigenvalue weighted by atomic mass is 19.1. The summed E-state index contributed by atoms with van der Waals surface area (Å²) in [5.74, 6) is 0.246. The number of aliphatic hydroxyl groups excluding tert-OH is 1. The van der Waals surface area contributed by atoms with Crippen molar-refractivity contribution >= 4 is 0 Å². The number of nitrogens with zero attached hydrogens (tertiary/aromatic N) is 2. The summed E-state index contributed by atoms with van der Waals surface area (Å²) in [4.78, 5) is 11.2. The first-order valence-electron chi connectivity index (χ1n) is 4.03. The molecule has 6 heteroatoms. The third kappa shape index (κ3) is 2.53. The molecule has 0 bridgehead atoms. The minimum absolute atomic E-state index is 0.174. The molecule has 1 aromatic heterocycles. The van der Waals surface area contributed by atoms with Gasteiger partial charge in [-0.15, -0.1) is 5.10 Å². The predicted molar refractivity (Wildman–Crippen MR) is 47.0 cm³/mol. The molecule has 1 aromatic rings. The van der Waals surface area contributed by atoms with E-state index >= 15 is 0 Å². The molecule has 0 spiro atoms. The number of aliphatic hydroxyl groups is 1. The van der Waals surface area contributed by atoms with Gasteiger partial charge >= 0.3 is 0 Å². The Hall–Kier alpha value is -1.43. The monoisotopic (exact) mass is 202 g/mol. The summed E-state index contributed by atoms with van der Waals surface area (Å²) in [6.45, 7) is -1.09. The van der Waals surface area contributed by atoms with E-state index in [1.54, 1.807) is 0 Å². The van der Waals surface area contributed by atoms with Gasteiger partial charge in [-0.2, -0.15) is 0 Å². The lowest BCUT2D eigenvalue weighted by Crippen LogP contribution is -2.29. The first-order chi connectivity index (χ1) is 6.67. The zero-order valence-corrected chi connectivity index (χ0v) is 7.68. The zero-order valence-electron chi connectivity index (χ0n) is 7.68. The summed E-state index contributed by atoms with van der Waals surface area (Å²) < 4.78 is 17.7. The molecule has 0 amide bonds. The fourth-order valence-electron chi connectivity index (χ4n) is 0.918. The van der Waals surface area contributed by atoms with Crippen LogP contribution in [-0.2, 0) is 6.54 Å². The molecular formula is C8H11FN2O3. The van der Waals surface area contributed by atoms with Crippen LogP contribution in [0.3, 0.4) is 0 Å². The Morgan fingerprint density at radius 1 is 1.71 bits per heavy atom. The van der Waals surface area contributed by atoms with Gasteiger partial charge in [-0.05, 0) is 0 Å². The quantitative estimate of drug-likeness (QED) is 0.720. The Bertz CT molecular complexity index is 353. The minimum Gasteiger partial charge on any atom is -0.480 e. The van der Waals surface area contributed by atoms with Gasteiger partial charge in [0.2, 0.25) is 5.88 Å². The first kappa shape index (κ1) is 10.6. The molecule has 1 rings (SSSR count). The van der Waals surface area contributed by atoms with Gasteiger partial charge in [0.1, 0.15) is 12.8 Å². The third-order valence-electron chi connectivity index (χ3n) is 1.61. The van der Waals surface area contributed by atoms with E-state index in [0.717, 1.165) is 4.68 Å². The van der Waals surface area contributed by atoms with E-state index < -0.39 is 18.3 Å². The highest BCUT2D eigenvalue weighted by Gasteiger charge is 2.07. The number of methoxy groups -OCH3 is 1. The molecule has 78 valence electrons. The highest BCUT2D eigenvalue weighted by Crippen LogP contribution is 1.99. The van der Waals surface area contributed by atoms with Crippen molar-refractivity contribution in [2.45, 2.75) is 12.6 Å². The normalized spacial score (nSPS) is 12.5. The second-order valence-electron chi connectivity index (χ2n) is 2.70. The smallest absolute Gasteiger partial charge is 0.267 e. The van der Waals surface area contributed by atoms with Gasteiger partial charge in [0.25, 0.3) is 5.56 Å². The number of alkyl halides is 1. The molecule has 0 aliphatic rings. The van der Waals surface area contributed by atoms with E-state index in [1.807, 2.05) is 0 Å². The summed E-state index contributed by atoms with van der Waals surface area (Å²) in [6.07, 6.45) is -1.22. The second kappa shape index (κ2) is 4.71. The third-order valence-corrected chi connectivity index (χ3v) is 1.61.